The third-order valence-electron chi connectivity index (χ3n) is 5.73. The number of likely N-dealkylation sites (N-methyl/N-ethyl adjacent to an activating group) is 1. The maximum atomic E-state index is 14.1. The number of nitrogens with one attached hydrogen (secondary N) is 2. The van der Waals surface area contributed by atoms with Crippen LogP contribution in [0.3, 0.4) is 0 Å². The number of nitrogens with zero attached hydrogens (tertiary/aromatic N) is 6. The molecule has 0 radical (unpaired) electrons. The molecule has 1 aliphatic rings. The second-order valence-corrected chi connectivity index (χ2v) is 10.8. The van der Waals surface area contributed by atoms with Crippen molar-refractivity contribution < 1.29 is 31.2 Å². The molecule has 0 bridgehead atoms. The molecule has 2 amide bonds. The fourth-order valence-electron chi connectivity index (χ4n) is 3.91. The predicted octanol–water partition coefficient (Wildman–Crippen LogP) is 2.15. The first-order valence-electron chi connectivity index (χ1n) is 11.5. The van der Waals surface area contributed by atoms with Gasteiger partial charge in [0.1, 0.15) is 6.54 Å². The maximum absolute atomic E-state index is 14.1. The summed E-state index contributed by atoms with van der Waals surface area (Å²) in [6.45, 7) is -0.983. The highest BCUT2D eigenvalue weighted by atomic mass is 32.2. The Balaban J connectivity index is 1.72. The molecule has 1 unspecified atom stereocenters. The molecule has 13 nitrogen and oxygen atoms in total. The highest BCUT2D eigenvalue weighted by Crippen LogP contribution is 2.45. The van der Waals surface area contributed by atoms with E-state index in [1.54, 1.807) is 0 Å². The van der Waals surface area contributed by atoms with E-state index in [4.69, 9.17) is 0 Å². The van der Waals surface area contributed by atoms with Gasteiger partial charge in [-0.2, -0.15) is 22.9 Å². The molecule has 0 fully saturated rings. The third kappa shape index (κ3) is 5.65. The molecule has 0 spiro atoms. The van der Waals surface area contributed by atoms with Gasteiger partial charge in [0, 0.05) is 31.5 Å². The number of sulfonamides is 1. The Morgan fingerprint density at radius 1 is 1.18 bits per heavy atom. The molecule has 1 aliphatic heterocycles. The van der Waals surface area contributed by atoms with Gasteiger partial charge in [-0.1, -0.05) is 10.5 Å². The Morgan fingerprint density at radius 3 is 2.55 bits per heavy atom. The van der Waals surface area contributed by atoms with Crippen molar-refractivity contribution in [2.45, 2.75) is 12.7 Å². The number of anilines is 3. The number of hydrogen-bond acceptors (Lipinski definition) is 9. The Bertz CT molecular complexity index is 1580. The van der Waals surface area contributed by atoms with Crippen molar-refractivity contribution in [2.24, 2.45) is 0 Å². The number of quaternary nitrogens is 1. The molecule has 4 rings (SSSR count). The van der Waals surface area contributed by atoms with Gasteiger partial charge in [0.2, 0.25) is 17.7 Å². The number of fused-ring (bicyclic) bond motifs is 1. The van der Waals surface area contributed by atoms with E-state index < -0.39 is 50.7 Å². The number of aromatic nitrogens is 3. The molecule has 1 aromatic carbocycles. The Kier molecular flexibility index (Phi) is 7.39. The molecule has 3 heterocycles. The van der Waals surface area contributed by atoms with Crippen LogP contribution >= 0.6 is 0 Å². The summed E-state index contributed by atoms with van der Waals surface area (Å²) in [5, 5.41) is 19.2. The van der Waals surface area contributed by atoms with Crippen LogP contribution in [-0.2, 0) is 27.5 Å². The minimum absolute atomic E-state index is 0.107. The molecule has 0 saturated carbocycles. The first kappa shape index (κ1) is 28.7. The zero-order valence-electron chi connectivity index (χ0n) is 21.3. The number of halogens is 3. The van der Waals surface area contributed by atoms with E-state index in [0.29, 0.717) is 12.5 Å². The molecule has 17 heteroatoms. The standard InChI is InChI=1S/C23H23F3N8O5S/c1-32(2)18(35)12-28-21(36)14-6-4-8-16(10-14)30-22-29-11-17(23(24,25)26)20(31-22)34(37)13-15-7-5-9-27-19(15)33(34)40(3,38)39/h4-11H,12-13H2,1-3H3,(H,28,36)(H,29,30,31). The number of rotatable bonds is 7. The number of pyridine rings is 1. The fourth-order valence-corrected chi connectivity index (χ4v) is 5.01. The smallest absolute Gasteiger partial charge is 0.425 e. The lowest BCUT2D eigenvalue weighted by atomic mass is 10.2. The molecule has 0 aliphatic carbocycles. The van der Waals surface area contributed by atoms with Crippen LogP contribution < -0.4 is 19.8 Å². The van der Waals surface area contributed by atoms with Crippen LogP contribution in [0.15, 0.2) is 48.8 Å². The summed E-state index contributed by atoms with van der Waals surface area (Å²) in [5.74, 6) is -2.89. The van der Waals surface area contributed by atoms with Gasteiger partial charge in [0.25, 0.3) is 21.7 Å². The van der Waals surface area contributed by atoms with Crippen LogP contribution in [-0.4, -0.2) is 67.0 Å². The van der Waals surface area contributed by atoms with Crippen molar-refractivity contribution in [2.75, 3.05) is 36.6 Å². The van der Waals surface area contributed by atoms with Crippen molar-refractivity contribution in [3.63, 3.8) is 0 Å². The molecular formula is C23H23F3N8O5S. The second-order valence-electron chi connectivity index (χ2n) is 8.96. The van der Waals surface area contributed by atoms with Gasteiger partial charge in [0.05, 0.1) is 24.6 Å². The molecule has 2 aromatic heterocycles. The van der Waals surface area contributed by atoms with Crippen molar-refractivity contribution in [1.82, 2.24) is 29.9 Å². The molecular weight excluding hydrogens is 557 g/mol. The van der Waals surface area contributed by atoms with Gasteiger partial charge >= 0.3 is 6.18 Å². The topological polar surface area (TPSA) is 161 Å². The molecule has 3 aromatic rings. The zero-order chi connectivity index (χ0) is 29.5. The van der Waals surface area contributed by atoms with Gasteiger partial charge in [-0.15, -0.1) is 0 Å². The van der Waals surface area contributed by atoms with Gasteiger partial charge in [-0.25, -0.2) is 18.4 Å². The van der Waals surface area contributed by atoms with Gasteiger partial charge in [-0.3, -0.25) is 9.59 Å². The largest absolute Gasteiger partial charge is 0.599 e. The van der Waals surface area contributed by atoms with E-state index in [-0.39, 0.29) is 39.5 Å². The molecule has 1 atom stereocenters. The minimum Gasteiger partial charge on any atom is -0.599 e. The summed E-state index contributed by atoms with van der Waals surface area (Å²) in [4.78, 5) is 36.9. The summed E-state index contributed by atoms with van der Waals surface area (Å²) in [7, 11) is -1.38. The monoisotopic (exact) mass is 580 g/mol. The number of hydrogen-bond donors (Lipinski definition) is 2. The highest BCUT2D eigenvalue weighted by Gasteiger charge is 2.52. The minimum atomic E-state index is -5.10. The summed E-state index contributed by atoms with van der Waals surface area (Å²) < 4.78 is 65.3. The van der Waals surface area contributed by atoms with Crippen molar-refractivity contribution in [1.29, 1.82) is 0 Å². The summed E-state index contributed by atoms with van der Waals surface area (Å²) >= 11 is 0. The lowest BCUT2D eigenvalue weighted by Crippen LogP contribution is -2.57. The zero-order valence-corrected chi connectivity index (χ0v) is 22.1. The quantitative estimate of drug-likeness (QED) is 0.315. The van der Waals surface area contributed by atoms with Crippen molar-refractivity contribution in [3.8, 4) is 0 Å². The average Bonchev–Trinajstić information content (AvgIpc) is 3.20. The molecule has 2 N–H and O–H groups in total. The Morgan fingerprint density at radius 2 is 1.90 bits per heavy atom. The fraction of sp³-hybridized carbons (Fsp3) is 0.261. The Hall–Kier alpha value is -4.35. The lowest BCUT2D eigenvalue weighted by molar-refractivity contribution is -0.138. The first-order valence-corrected chi connectivity index (χ1v) is 13.3. The molecule has 40 heavy (non-hydrogen) atoms. The third-order valence-corrected chi connectivity index (χ3v) is 6.79. The van der Waals surface area contributed by atoms with Crippen LogP contribution in [0.2, 0.25) is 0 Å². The summed E-state index contributed by atoms with van der Waals surface area (Å²) in [6.07, 6.45) is -2.83. The SMILES string of the molecule is CN(C)C(=O)CNC(=O)c1cccc(Nc2ncc(C(F)(F)F)c([N+]3([O-])Cc4cccnc4N3S(C)(=O)=O)n2)c1. The lowest BCUT2D eigenvalue weighted by Gasteiger charge is -2.41. The van der Waals surface area contributed by atoms with Crippen LogP contribution in [0.1, 0.15) is 21.5 Å². The number of carbonyl (C=O) groups is 2. The van der Waals surface area contributed by atoms with Crippen LogP contribution in [0.5, 0.6) is 0 Å². The van der Waals surface area contributed by atoms with Crippen LogP contribution in [0.4, 0.5) is 36.4 Å². The maximum Gasteiger partial charge on any atom is 0.425 e. The Labute approximate surface area is 226 Å². The van der Waals surface area contributed by atoms with E-state index in [1.165, 1.54) is 61.6 Å². The van der Waals surface area contributed by atoms with Gasteiger partial charge < -0.3 is 20.7 Å². The van der Waals surface area contributed by atoms with Crippen LogP contribution in [0.25, 0.3) is 0 Å². The second kappa shape index (κ2) is 10.3. The highest BCUT2D eigenvalue weighted by molar-refractivity contribution is 7.92. The number of hydroxylamine groups is 1. The number of benzene rings is 1. The summed E-state index contributed by atoms with van der Waals surface area (Å²) in [5.41, 5.74) is -1.15. The van der Waals surface area contributed by atoms with Crippen LogP contribution in [0, 0.1) is 5.21 Å². The van der Waals surface area contributed by atoms with Crippen molar-refractivity contribution >= 4 is 45.1 Å². The average molecular weight is 581 g/mol. The number of amides is 2. The first-order chi connectivity index (χ1) is 18.6. The summed E-state index contributed by atoms with van der Waals surface area (Å²) in [6, 6.07) is 8.50. The van der Waals surface area contributed by atoms with E-state index >= 15 is 0 Å². The van der Waals surface area contributed by atoms with E-state index in [1.807, 2.05) is 0 Å². The van der Waals surface area contributed by atoms with E-state index in [9.17, 15) is 36.4 Å². The van der Waals surface area contributed by atoms with Gasteiger partial charge in [0.15, 0.2) is 5.56 Å². The molecule has 0 saturated heterocycles. The number of carbonyl (C=O) groups excluding carboxylic acids is 2. The van der Waals surface area contributed by atoms with E-state index in [0.717, 1.165) is 0 Å². The van der Waals surface area contributed by atoms with Crippen molar-refractivity contribution in [3.05, 3.63) is 70.7 Å². The van der Waals surface area contributed by atoms with E-state index in [2.05, 4.69) is 25.6 Å². The normalized spacial score (nSPS) is 16.8. The van der Waals surface area contributed by atoms with Gasteiger partial charge in [-0.05, 0) is 30.3 Å². The predicted molar refractivity (Wildman–Crippen MR) is 138 cm³/mol. The number of alkyl halides is 3. The molecule has 212 valence electrons.